The summed E-state index contributed by atoms with van der Waals surface area (Å²) in [4.78, 5) is 12.9. The van der Waals surface area contributed by atoms with E-state index in [9.17, 15) is 8.42 Å². The molecule has 0 spiro atoms. The highest BCUT2D eigenvalue weighted by Gasteiger charge is 2.39. The summed E-state index contributed by atoms with van der Waals surface area (Å²) in [5.41, 5.74) is 8.99. The highest BCUT2D eigenvalue weighted by atomic mass is 32.2. The lowest BCUT2D eigenvalue weighted by molar-refractivity contribution is -0.0485. The minimum absolute atomic E-state index is 0.0574. The van der Waals surface area contributed by atoms with Gasteiger partial charge in [0.1, 0.15) is 18.0 Å². The molecule has 11 nitrogen and oxygen atoms in total. The van der Waals surface area contributed by atoms with Gasteiger partial charge in [-0.25, -0.2) is 13.4 Å². The number of sulfonamides is 1. The van der Waals surface area contributed by atoms with Crippen molar-refractivity contribution in [3.63, 3.8) is 0 Å². The number of nitrogens with zero attached hydrogens (tertiary/aromatic N) is 4. The lowest BCUT2D eigenvalue weighted by atomic mass is 9.87. The van der Waals surface area contributed by atoms with Crippen molar-refractivity contribution in [1.82, 2.24) is 34.8 Å². The van der Waals surface area contributed by atoms with Crippen molar-refractivity contribution >= 4 is 21.2 Å². The third kappa shape index (κ3) is 9.22. The SMILES string of the molecule is CCc1cccc(CC)c1C1CC2NC(N1)NS(=O)(=O)C1CCCC(C1)CN(Cc1cnc3c(CCOC)c(C(C)(C)C)n(C)c3n1)[C@H](CC(C)C)CO2. The second kappa shape index (κ2) is 17.4. The Kier molecular flexibility index (Phi) is 13.2. The average Bonchev–Trinajstić information content (AvgIpc) is 3.41. The van der Waals surface area contributed by atoms with E-state index in [0.29, 0.717) is 44.9 Å². The number of methoxy groups -OCH3 is 1. The van der Waals surface area contributed by atoms with Gasteiger partial charge < -0.3 is 14.0 Å². The lowest BCUT2D eigenvalue weighted by Crippen LogP contribution is -2.64. The molecule has 3 aromatic rings. The summed E-state index contributed by atoms with van der Waals surface area (Å²) in [6.07, 6.45) is 8.46. The van der Waals surface area contributed by atoms with Gasteiger partial charge in [0.25, 0.3) is 0 Å². The molecule has 3 N–H and O–H groups in total. The summed E-state index contributed by atoms with van der Waals surface area (Å²) < 4.78 is 46.0. The summed E-state index contributed by atoms with van der Waals surface area (Å²) in [6, 6.07) is 6.60. The number of fused-ring (bicyclic) bond motifs is 5. The number of aromatic nitrogens is 3. The molecule has 300 valence electrons. The molecule has 3 fully saturated rings. The third-order valence-electron chi connectivity index (χ3n) is 11.9. The smallest absolute Gasteiger partial charge is 0.216 e. The van der Waals surface area contributed by atoms with Crippen LogP contribution in [0, 0.1) is 11.8 Å². The topological polar surface area (TPSA) is 123 Å². The molecule has 2 aliphatic heterocycles. The average molecular weight is 766 g/mol. The van der Waals surface area contributed by atoms with E-state index in [1.807, 2.05) is 6.20 Å². The molecule has 2 aromatic heterocycles. The predicted octanol–water partition coefficient (Wildman–Crippen LogP) is 6.24. The minimum Gasteiger partial charge on any atom is -0.384 e. The Hall–Kier alpha value is -2.45. The molecule has 54 heavy (non-hydrogen) atoms. The van der Waals surface area contributed by atoms with Crippen LogP contribution in [0.25, 0.3) is 11.2 Å². The fourth-order valence-corrected chi connectivity index (χ4v) is 11.2. The van der Waals surface area contributed by atoms with Crippen molar-refractivity contribution in [2.45, 2.75) is 148 Å². The highest BCUT2D eigenvalue weighted by molar-refractivity contribution is 7.90. The first-order chi connectivity index (χ1) is 25.7. The Labute approximate surface area is 324 Å². The van der Waals surface area contributed by atoms with E-state index in [4.69, 9.17) is 19.4 Å². The largest absolute Gasteiger partial charge is 0.384 e. The van der Waals surface area contributed by atoms with Crippen molar-refractivity contribution in [2.24, 2.45) is 18.9 Å². The number of hydrogen-bond donors (Lipinski definition) is 3. The highest BCUT2D eigenvalue weighted by Crippen LogP contribution is 2.35. The van der Waals surface area contributed by atoms with Gasteiger partial charge in [0.15, 0.2) is 5.65 Å². The molecule has 2 saturated heterocycles. The Morgan fingerprint density at radius 1 is 1.07 bits per heavy atom. The van der Waals surface area contributed by atoms with Gasteiger partial charge in [-0.1, -0.05) is 73.1 Å². The maximum absolute atomic E-state index is 14.1. The number of nitrogens with one attached hydrogen (secondary N) is 3. The molecule has 12 heteroatoms. The monoisotopic (exact) mass is 765 g/mol. The van der Waals surface area contributed by atoms with E-state index < -0.39 is 21.6 Å². The summed E-state index contributed by atoms with van der Waals surface area (Å²) in [6.45, 7) is 18.2. The predicted molar refractivity (Wildman–Crippen MR) is 217 cm³/mol. The lowest BCUT2D eigenvalue weighted by Gasteiger charge is -2.40. The van der Waals surface area contributed by atoms with Crippen molar-refractivity contribution in [3.8, 4) is 0 Å². The molecule has 0 amide bonds. The fraction of sp³-hybridized carbons (Fsp3) is 0.714. The first-order valence-electron chi connectivity index (χ1n) is 20.5. The van der Waals surface area contributed by atoms with Crippen LogP contribution in [-0.2, 0) is 57.8 Å². The Morgan fingerprint density at radius 3 is 2.48 bits per heavy atom. The molecule has 4 heterocycles. The van der Waals surface area contributed by atoms with Crippen LogP contribution in [0.5, 0.6) is 0 Å². The summed E-state index contributed by atoms with van der Waals surface area (Å²) in [5.74, 6) is 0.689. The van der Waals surface area contributed by atoms with Crippen LogP contribution in [0.1, 0.15) is 127 Å². The molecular formula is C42H67N7O4S. The molecule has 5 unspecified atom stereocenters. The second-order valence-corrected chi connectivity index (χ2v) is 19.5. The molecule has 1 saturated carbocycles. The third-order valence-corrected chi connectivity index (χ3v) is 13.8. The van der Waals surface area contributed by atoms with Gasteiger partial charge in [0.05, 0.1) is 30.4 Å². The molecule has 1 aromatic carbocycles. The van der Waals surface area contributed by atoms with Crippen LogP contribution < -0.4 is 15.4 Å². The Bertz CT molecular complexity index is 1820. The van der Waals surface area contributed by atoms with Gasteiger partial charge in [0.2, 0.25) is 10.0 Å². The zero-order valence-corrected chi connectivity index (χ0v) is 35.2. The second-order valence-electron chi connectivity index (χ2n) is 17.5. The van der Waals surface area contributed by atoms with E-state index in [2.05, 4.69) is 98.5 Å². The van der Waals surface area contributed by atoms with E-state index in [1.54, 1.807) is 7.11 Å². The van der Waals surface area contributed by atoms with E-state index in [-0.39, 0.29) is 29.6 Å². The van der Waals surface area contributed by atoms with Crippen LogP contribution in [0.15, 0.2) is 24.4 Å². The van der Waals surface area contributed by atoms with Crippen molar-refractivity contribution < 1.29 is 17.9 Å². The van der Waals surface area contributed by atoms with Gasteiger partial charge in [-0.05, 0) is 73.5 Å². The standard InChI is InChI=1S/C42H67N7O4S/c1-10-29-15-13-16-30(11-2)37(29)35-22-36-46-41(45-35)47-54(50,51)33-17-12-14-28(21-33)24-49(32(26-53-36)20-27(3)4)25-31-23-43-38-34(18-19-52-9)39(42(5,6)7)48(8)40(38)44-31/h13,15-16,23,27-28,32-33,35-36,41,45-47H,10-12,14,17-22,24-26H2,1-9H3/t28?,32-,33?,35?,36?,41?/m1/s1. The van der Waals surface area contributed by atoms with Gasteiger partial charge in [-0.2, -0.15) is 4.72 Å². The molecule has 6 rings (SSSR count). The van der Waals surface area contributed by atoms with Gasteiger partial charge >= 0.3 is 0 Å². The van der Waals surface area contributed by atoms with Crippen LogP contribution in [0.3, 0.4) is 0 Å². The number of benzene rings is 1. The first-order valence-corrected chi connectivity index (χ1v) is 22.1. The van der Waals surface area contributed by atoms with Gasteiger partial charge in [-0.15, -0.1) is 0 Å². The molecular weight excluding hydrogens is 699 g/mol. The number of hydrogen-bond acceptors (Lipinski definition) is 9. The Balaban J connectivity index is 1.36. The zero-order valence-electron chi connectivity index (χ0n) is 34.4. The van der Waals surface area contributed by atoms with Crippen LogP contribution in [-0.4, -0.2) is 78.5 Å². The van der Waals surface area contributed by atoms with Gasteiger partial charge in [0, 0.05) is 62.4 Å². The van der Waals surface area contributed by atoms with Crippen LogP contribution >= 0.6 is 0 Å². The summed E-state index contributed by atoms with van der Waals surface area (Å²) in [5, 5.41) is 6.74. The van der Waals surface area contributed by atoms with Crippen molar-refractivity contribution in [2.75, 3.05) is 26.9 Å². The van der Waals surface area contributed by atoms with E-state index in [1.165, 1.54) is 27.9 Å². The zero-order chi connectivity index (χ0) is 38.8. The van der Waals surface area contributed by atoms with Gasteiger partial charge in [-0.3, -0.25) is 20.5 Å². The molecule has 1 aliphatic carbocycles. The Morgan fingerprint density at radius 2 is 1.81 bits per heavy atom. The van der Waals surface area contributed by atoms with E-state index in [0.717, 1.165) is 61.9 Å². The summed E-state index contributed by atoms with van der Waals surface area (Å²) in [7, 11) is 0.229. The molecule has 6 atom stereocenters. The quantitative estimate of drug-likeness (QED) is 0.220. The molecule has 3 aliphatic rings. The van der Waals surface area contributed by atoms with E-state index >= 15 is 0 Å². The first kappa shape index (κ1) is 41.2. The maximum atomic E-state index is 14.1. The van der Waals surface area contributed by atoms with Crippen molar-refractivity contribution in [1.29, 1.82) is 0 Å². The van der Waals surface area contributed by atoms with Crippen molar-refractivity contribution in [3.05, 3.63) is 58.0 Å². The maximum Gasteiger partial charge on any atom is 0.216 e. The molecule has 0 radical (unpaired) electrons. The number of aryl methyl sites for hydroxylation is 3. The van der Waals surface area contributed by atoms with Crippen LogP contribution in [0.4, 0.5) is 0 Å². The molecule has 4 bridgehead atoms. The normalized spacial score (nSPS) is 27.1. The fourth-order valence-electron chi connectivity index (χ4n) is 9.58. The summed E-state index contributed by atoms with van der Waals surface area (Å²) >= 11 is 0. The number of ether oxygens (including phenoxy) is 2. The number of rotatable bonds is 10. The van der Waals surface area contributed by atoms with Crippen LogP contribution in [0.2, 0.25) is 0 Å². The minimum atomic E-state index is -3.62.